The molecule has 1 aromatic heterocycles. The predicted octanol–water partition coefficient (Wildman–Crippen LogP) is 2.37. The Morgan fingerprint density at radius 2 is 2.17 bits per heavy atom. The zero-order valence-corrected chi connectivity index (χ0v) is 12.3. The fraction of sp³-hybridized carbons (Fsp3) is 0.333. The van der Waals surface area contributed by atoms with Gasteiger partial charge in [-0.05, 0) is 47.7 Å². The summed E-state index contributed by atoms with van der Waals surface area (Å²) in [5.41, 5.74) is 17.5. The lowest BCUT2D eigenvalue weighted by molar-refractivity contribution is 0.0928. The molecule has 2 aromatic rings. The number of nitrogens with zero attached hydrogens (tertiary/aromatic N) is 9. The molecule has 0 atom stereocenters. The topological polar surface area (TPSA) is 181 Å². The zero-order valence-electron chi connectivity index (χ0n) is 12.3. The first-order valence-electron chi connectivity index (χ1n) is 6.93. The molecule has 0 spiro atoms. The minimum Gasteiger partial charge on any atom is -0.339 e. The van der Waals surface area contributed by atoms with Crippen LogP contribution in [0.1, 0.15) is 34.6 Å². The second kappa shape index (κ2) is 6.24. The average molecular weight is 325 g/mol. The molecule has 1 aliphatic carbocycles. The van der Waals surface area contributed by atoms with E-state index in [0.717, 1.165) is 0 Å². The van der Waals surface area contributed by atoms with Crippen LogP contribution < -0.4 is 5.32 Å². The average Bonchev–Trinajstić information content (AvgIpc) is 3.14. The number of aromatic nitrogens is 4. The Morgan fingerprint density at radius 3 is 2.79 bits per heavy atom. The monoisotopic (exact) mass is 325 g/mol. The Morgan fingerprint density at radius 1 is 1.33 bits per heavy atom. The normalized spacial score (nSPS) is 14.2. The van der Waals surface area contributed by atoms with Crippen LogP contribution in [-0.4, -0.2) is 26.5 Å². The van der Waals surface area contributed by atoms with Gasteiger partial charge in [0.2, 0.25) is 0 Å². The smallest absolute Gasteiger partial charge is 0.252 e. The molecule has 1 aliphatic rings. The number of amides is 1. The molecule has 0 aliphatic heterocycles. The molecule has 3 rings (SSSR count). The van der Waals surface area contributed by atoms with Crippen LogP contribution in [0.4, 0.5) is 5.69 Å². The number of nitrogens with one attached hydrogen (secondary N) is 2. The van der Waals surface area contributed by atoms with Gasteiger partial charge in [0.25, 0.3) is 5.91 Å². The highest BCUT2D eigenvalue weighted by molar-refractivity contribution is 5.96. The Kier molecular flexibility index (Phi) is 3.98. The Hall–Kier alpha value is -3.62. The first-order valence-corrected chi connectivity index (χ1v) is 6.93. The largest absolute Gasteiger partial charge is 0.339 e. The van der Waals surface area contributed by atoms with Crippen LogP contribution in [-0.2, 0) is 12.1 Å². The molecule has 0 radical (unpaired) electrons. The number of azide groups is 2. The van der Waals surface area contributed by atoms with Crippen molar-refractivity contribution in [3.05, 3.63) is 56.0 Å². The third kappa shape index (κ3) is 3.09. The number of rotatable bonds is 6. The standard InChI is InChI=1S/C12H11N11O/c13-20-15-6-7-3-8(5-9(4-7)17-21-14)10(24)16-12(1-2-12)11-18-22-23-19-11/h3-5H,1-2,6H2,(H,16,24)(H,18,19,22,23). The molecule has 24 heavy (non-hydrogen) atoms. The van der Waals surface area contributed by atoms with E-state index in [1.165, 1.54) is 6.07 Å². The minimum atomic E-state index is -0.621. The summed E-state index contributed by atoms with van der Waals surface area (Å²) < 4.78 is 0. The Labute approximate surface area is 134 Å². The van der Waals surface area contributed by atoms with Crippen molar-refractivity contribution < 1.29 is 4.79 Å². The number of aromatic amines is 1. The zero-order chi connectivity index (χ0) is 17.0. The number of benzene rings is 1. The molecule has 12 heteroatoms. The number of tetrazole rings is 1. The highest BCUT2D eigenvalue weighted by atomic mass is 16.1. The second-order valence-corrected chi connectivity index (χ2v) is 5.24. The van der Waals surface area contributed by atoms with Gasteiger partial charge in [0.05, 0.1) is 6.54 Å². The van der Waals surface area contributed by atoms with Gasteiger partial charge in [-0.2, -0.15) is 5.21 Å². The molecule has 2 N–H and O–H groups in total. The third-order valence-corrected chi connectivity index (χ3v) is 3.59. The molecular weight excluding hydrogens is 314 g/mol. The van der Waals surface area contributed by atoms with Gasteiger partial charge in [0, 0.05) is 21.1 Å². The van der Waals surface area contributed by atoms with Gasteiger partial charge < -0.3 is 5.32 Å². The summed E-state index contributed by atoms with van der Waals surface area (Å²) in [4.78, 5) is 17.9. The van der Waals surface area contributed by atoms with Crippen molar-refractivity contribution in [3.63, 3.8) is 0 Å². The van der Waals surface area contributed by atoms with Gasteiger partial charge >= 0.3 is 0 Å². The van der Waals surface area contributed by atoms with E-state index in [1.807, 2.05) is 0 Å². The first kappa shape index (κ1) is 15.3. The van der Waals surface area contributed by atoms with Crippen molar-refractivity contribution in [2.75, 3.05) is 0 Å². The van der Waals surface area contributed by atoms with Crippen molar-refractivity contribution >= 4 is 11.6 Å². The summed E-state index contributed by atoms with van der Waals surface area (Å²) in [5.74, 6) is 0.0610. The quantitative estimate of drug-likeness (QED) is 0.470. The van der Waals surface area contributed by atoms with Crippen molar-refractivity contribution in [1.29, 1.82) is 0 Å². The van der Waals surface area contributed by atoms with E-state index < -0.39 is 5.54 Å². The van der Waals surface area contributed by atoms with Crippen molar-refractivity contribution in [2.45, 2.75) is 24.9 Å². The molecule has 0 saturated heterocycles. The molecule has 0 bridgehead atoms. The summed E-state index contributed by atoms with van der Waals surface area (Å²) in [6.45, 7) is 0.0432. The molecule has 1 fully saturated rings. The number of hydrogen-bond acceptors (Lipinski definition) is 6. The van der Waals surface area contributed by atoms with Crippen molar-refractivity contribution in [1.82, 2.24) is 25.9 Å². The summed E-state index contributed by atoms with van der Waals surface area (Å²) in [7, 11) is 0. The predicted molar refractivity (Wildman–Crippen MR) is 80.7 cm³/mol. The Bertz CT molecular complexity index is 857. The second-order valence-electron chi connectivity index (χ2n) is 5.24. The first-order chi connectivity index (χ1) is 11.7. The lowest BCUT2D eigenvalue weighted by Gasteiger charge is -2.14. The van der Waals surface area contributed by atoms with Gasteiger partial charge in [0.1, 0.15) is 5.54 Å². The number of hydrogen-bond donors (Lipinski definition) is 2. The van der Waals surface area contributed by atoms with Gasteiger partial charge in [-0.1, -0.05) is 15.4 Å². The summed E-state index contributed by atoms with van der Waals surface area (Å²) in [6, 6.07) is 4.59. The van der Waals surface area contributed by atoms with Gasteiger partial charge in [-0.15, -0.1) is 10.2 Å². The van der Waals surface area contributed by atoms with E-state index in [4.69, 9.17) is 11.1 Å². The lowest BCUT2D eigenvalue weighted by Crippen LogP contribution is -2.35. The summed E-state index contributed by atoms with van der Waals surface area (Å²) >= 11 is 0. The fourth-order valence-electron chi connectivity index (χ4n) is 2.30. The molecular formula is C12H11N11O. The third-order valence-electron chi connectivity index (χ3n) is 3.59. The van der Waals surface area contributed by atoms with E-state index >= 15 is 0 Å². The van der Waals surface area contributed by atoms with Gasteiger partial charge in [0.15, 0.2) is 5.82 Å². The Balaban J connectivity index is 1.87. The van der Waals surface area contributed by atoms with Crippen LogP contribution in [0, 0.1) is 0 Å². The van der Waals surface area contributed by atoms with Crippen LogP contribution in [0.2, 0.25) is 0 Å². The number of carbonyl (C=O) groups excluding carboxylic acids is 1. The molecule has 1 saturated carbocycles. The van der Waals surface area contributed by atoms with E-state index in [2.05, 4.69) is 46.0 Å². The molecule has 1 amide bonds. The fourth-order valence-corrected chi connectivity index (χ4v) is 2.30. The van der Waals surface area contributed by atoms with Crippen LogP contribution >= 0.6 is 0 Å². The van der Waals surface area contributed by atoms with E-state index in [-0.39, 0.29) is 23.7 Å². The maximum atomic E-state index is 12.5. The van der Waals surface area contributed by atoms with Gasteiger partial charge in [-0.25, -0.2) is 0 Å². The molecule has 1 heterocycles. The minimum absolute atomic E-state index is 0.0432. The van der Waals surface area contributed by atoms with Crippen molar-refractivity contribution in [3.8, 4) is 0 Å². The van der Waals surface area contributed by atoms with Crippen LogP contribution in [0.3, 0.4) is 0 Å². The van der Waals surface area contributed by atoms with Crippen LogP contribution in [0.15, 0.2) is 28.4 Å². The van der Waals surface area contributed by atoms with Crippen molar-refractivity contribution in [2.24, 2.45) is 10.2 Å². The molecule has 0 unspecified atom stereocenters. The van der Waals surface area contributed by atoms with E-state index in [1.54, 1.807) is 12.1 Å². The van der Waals surface area contributed by atoms with Crippen LogP contribution in [0.25, 0.3) is 20.9 Å². The maximum absolute atomic E-state index is 12.5. The molecule has 1 aromatic carbocycles. The summed E-state index contributed by atoms with van der Waals surface area (Å²) in [5, 5.41) is 23.5. The highest BCUT2D eigenvalue weighted by Crippen LogP contribution is 2.43. The van der Waals surface area contributed by atoms with E-state index in [0.29, 0.717) is 24.2 Å². The van der Waals surface area contributed by atoms with Crippen LogP contribution in [0.5, 0.6) is 0 Å². The lowest BCUT2D eigenvalue weighted by atomic mass is 10.1. The van der Waals surface area contributed by atoms with E-state index in [9.17, 15) is 4.79 Å². The summed E-state index contributed by atoms with van der Waals surface area (Å²) in [6.07, 6.45) is 1.42. The molecule has 12 nitrogen and oxygen atoms in total. The molecule has 120 valence electrons. The SMILES string of the molecule is [N-]=[N+]=NCc1cc(N=[N+]=[N-])cc(C(=O)NC2(c3nn[nH]n3)CC2)c1. The maximum Gasteiger partial charge on any atom is 0.252 e. The van der Waals surface area contributed by atoms with Gasteiger partial charge in [-0.3, -0.25) is 4.79 Å². The number of H-pyrrole nitrogens is 1. The number of carbonyl (C=O) groups is 1. The highest BCUT2D eigenvalue weighted by Gasteiger charge is 2.49.